The number of amides is 3. The van der Waals surface area contributed by atoms with Crippen LogP contribution in [0.15, 0.2) is 24.3 Å². The Morgan fingerprint density at radius 2 is 2.00 bits per heavy atom. The van der Waals surface area contributed by atoms with E-state index in [0.717, 1.165) is 30.8 Å². The largest absolute Gasteiger partial charge is 0.497 e. The third-order valence-corrected chi connectivity index (χ3v) is 5.66. The van der Waals surface area contributed by atoms with E-state index in [9.17, 15) is 14.7 Å². The number of aliphatic hydroxyl groups excluding tert-OH is 1. The highest BCUT2D eigenvalue weighted by Crippen LogP contribution is 2.31. The van der Waals surface area contributed by atoms with E-state index in [1.165, 1.54) is 0 Å². The van der Waals surface area contributed by atoms with Crippen LogP contribution >= 0.6 is 0 Å². The number of hydrogen-bond donors (Lipinski definition) is 2. The summed E-state index contributed by atoms with van der Waals surface area (Å²) in [6.07, 6.45) is 1.47. The fourth-order valence-corrected chi connectivity index (χ4v) is 3.80. The zero-order chi connectivity index (χ0) is 19.6. The number of carbonyl (C=O) groups excluding carboxylic acids is 2. The standard InChI is InChI=1S/C20H29N3O4/c1-14-7-9-22(10-8-14)12-16(24)13-23-18(25)20(2,21-19(23)26)15-5-4-6-17(11-15)27-3/h4-6,11,14,16,24H,7-10,12-13H2,1-3H3,(H,21,26)/t16-,20-/m1/s1. The van der Waals surface area contributed by atoms with E-state index in [-0.39, 0.29) is 12.5 Å². The van der Waals surface area contributed by atoms with Crippen molar-refractivity contribution in [1.29, 1.82) is 0 Å². The molecule has 0 unspecified atom stereocenters. The molecule has 0 radical (unpaired) electrons. The molecule has 0 saturated carbocycles. The van der Waals surface area contributed by atoms with E-state index in [1.807, 2.05) is 0 Å². The van der Waals surface area contributed by atoms with E-state index in [0.29, 0.717) is 23.8 Å². The molecule has 27 heavy (non-hydrogen) atoms. The van der Waals surface area contributed by atoms with Gasteiger partial charge >= 0.3 is 6.03 Å². The van der Waals surface area contributed by atoms with Crippen LogP contribution < -0.4 is 10.1 Å². The number of β-amino-alcohol motifs (C(OH)–C–C–N with tert-alkyl or cyclic N) is 1. The molecule has 7 heteroatoms. The predicted octanol–water partition coefficient (Wildman–Crippen LogP) is 1.55. The Morgan fingerprint density at radius 3 is 2.67 bits per heavy atom. The predicted molar refractivity (Wildman–Crippen MR) is 101 cm³/mol. The van der Waals surface area contributed by atoms with Gasteiger partial charge in [-0.1, -0.05) is 19.1 Å². The molecular formula is C20H29N3O4. The molecule has 2 atom stereocenters. The maximum absolute atomic E-state index is 13.0. The Labute approximate surface area is 160 Å². The number of piperidine rings is 1. The summed E-state index contributed by atoms with van der Waals surface area (Å²) in [5.41, 5.74) is -0.506. The van der Waals surface area contributed by atoms with Crippen LogP contribution in [0.2, 0.25) is 0 Å². The van der Waals surface area contributed by atoms with Gasteiger partial charge in [-0.05, 0) is 56.5 Å². The third-order valence-electron chi connectivity index (χ3n) is 5.66. The summed E-state index contributed by atoms with van der Waals surface area (Å²) >= 11 is 0. The summed E-state index contributed by atoms with van der Waals surface area (Å²) < 4.78 is 5.22. The second-order valence-electron chi connectivity index (χ2n) is 7.84. The summed E-state index contributed by atoms with van der Waals surface area (Å²) in [6, 6.07) is 6.63. The highest BCUT2D eigenvalue weighted by atomic mass is 16.5. The maximum atomic E-state index is 13.0. The van der Waals surface area contributed by atoms with Crippen LogP contribution in [0.4, 0.5) is 4.79 Å². The van der Waals surface area contributed by atoms with Crippen molar-refractivity contribution >= 4 is 11.9 Å². The quantitative estimate of drug-likeness (QED) is 0.738. The van der Waals surface area contributed by atoms with Crippen molar-refractivity contribution in [3.8, 4) is 5.75 Å². The Morgan fingerprint density at radius 1 is 1.30 bits per heavy atom. The van der Waals surface area contributed by atoms with Crippen LogP contribution in [0.1, 0.15) is 32.3 Å². The van der Waals surface area contributed by atoms with E-state index in [1.54, 1.807) is 38.3 Å². The van der Waals surface area contributed by atoms with Crippen molar-refractivity contribution in [3.05, 3.63) is 29.8 Å². The number of nitrogens with one attached hydrogen (secondary N) is 1. The lowest BCUT2D eigenvalue weighted by Gasteiger charge is -2.32. The lowest BCUT2D eigenvalue weighted by Crippen LogP contribution is -2.45. The van der Waals surface area contributed by atoms with Crippen molar-refractivity contribution < 1.29 is 19.4 Å². The zero-order valence-electron chi connectivity index (χ0n) is 16.3. The molecule has 2 aliphatic rings. The first-order chi connectivity index (χ1) is 12.8. The molecule has 3 amide bonds. The van der Waals surface area contributed by atoms with E-state index >= 15 is 0 Å². The number of benzene rings is 1. The molecule has 2 saturated heterocycles. The fraction of sp³-hybridized carbons (Fsp3) is 0.600. The highest BCUT2D eigenvalue weighted by Gasteiger charge is 2.49. The van der Waals surface area contributed by atoms with Gasteiger partial charge in [-0.2, -0.15) is 0 Å². The minimum Gasteiger partial charge on any atom is -0.497 e. The van der Waals surface area contributed by atoms with E-state index in [2.05, 4.69) is 17.1 Å². The number of ether oxygens (including phenoxy) is 1. The summed E-state index contributed by atoms with van der Waals surface area (Å²) in [7, 11) is 1.56. The van der Waals surface area contributed by atoms with Gasteiger partial charge in [0.05, 0.1) is 19.8 Å². The van der Waals surface area contributed by atoms with Crippen LogP contribution in [0.3, 0.4) is 0 Å². The first kappa shape index (κ1) is 19.6. The first-order valence-corrected chi connectivity index (χ1v) is 9.52. The molecule has 1 aromatic rings. The molecule has 7 nitrogen and oxygen atoms in total. The van der Waals surface area contributed by atoms with Crippen LogP contribution in [0.5, 0.6) is 5.75 Å². The lowest BCUT2D eigenvalue weighted by molar-refractivity contribution is -0.132. The summed E-state index contributed by atoms with van der Waals surface area (Å²) in [5.74, 6) is 0.980. The van der Waals surface area contributed by atoms with Crippen LogP contribution in [-0.2, 0) is 10.3 Å². The maximum Gasteiger partial charge on any atom is 0.325 e. The Bertz CT molecular complexity index is 702. The molecule has 2 fully saturated rings. The number of methoxy groups -OCH3 is 1. The fourth-order valence-electron chi connectivity index (χ4n) is 3.80. The van der Waals surface area contributed by atoms with Gasteiger partial charge in [0.15, 0.2) is 0 Å². The topological polar surface area (TPSA) is 82.1 Å². The van der Waals surface area contributed by atoms with Crippen LogP contribution in [0, 0.1) is 5.92 Å². The molecule has 2 N–H and O–H groups in total. The van der Waals surface area contributed by atoms with Gasteiger partial charge in [-0.25, -0.2) is 4.79 Å². The number of carbonyl (C=O) groups is 2. The van der Waals surface area contributed by atoms with Gasteiger partial charge in [0.2, 0.25) is 0 Å². The van der Waals surface area contributed by atoms with Crippen molar-refractivity contribution in [2.24, 2.45) is 5.92 Å². The number of hydrogen-bond acceptors (Lipinski definition) is 5. The van der Waals surface area contributed by atoms with Crippen molar-refractivity contribution in [2.75, 3.05) is 33.3 Å². The van der Waals surface area contributed by atoms with Gasteiger partial charge < -0.3 is 20.1 Å². The molecule has 0 aliphatic carbocycles. The van der Waals surface area contributed by atoms with Crippen molar-refractivity contribution in [3.63, 3.8) is 0 Å². The normalized spacial score (nSPS) is 25.6. The minimum atomic E-state index is -1.16. The number of likely N-dealkylation sites (tertiary alicyclic amines) is 1. The average molecular weight is 375 g/mol. The molecule has 2 aliphatic heterocycles. The molecule has 3 rings (SSSR count). The van der Waals surface area contributed by atoms with Gasteiger partial charge in [0.1, 0.15) is 11.3 Å². The average Bonchev–Trinajstić information content (AvgIpc) is 2.88. The Hall–Kier alpha value is -2.12. The number of rotatable bonds is 6. The monoisotopic (exact) mass is 375 g/mol. The molecule has 148 valence electrons. The molecular weight excluding hydrogens is 346 g/mol. The van der Waals surface area contributed by atoms with Crippen LogP contribution in [-0.4, -0.2) is 66.2 Å². The smallest absolute Gasteiger partial charge is 0.325 e. The number of imide groups is 1. The Kier molecular flexibility index (Phi) is 5.72. The second-order valence-corrected chi connectivity index (χ2v) is 7.84. The molecule has 0 bridgehead atoms. The second kappa shape index (κ2) is 7.86. The third kappa shape index (κ3) is 4.09. The number of urea groups is 1. The molecule has 0 aromatic heterocycles. The highest BCUT2D eigenvalue weighted by molar-refractivity contribution is 6.07. The number of aliphatic hydroxyl groups is 1. The molecule has 1 aromatic carbocycles. The van der Waals surface area contributed by atoms with Gasteiger partial charge in [-0.3, -0.25) is 9.69 Å². The van der Waals surface area contributed by atoms with Crippen molar-refractivity contribution in [1.82, 2.24) is 15.1 Å². The van der Waals surface area contributed by atoms with Crippen molar-refractivity contribution in [2.45, 2.75) is 38.3 Å². The number of nitrogens with zero attached hydrogens (tertiary/aromatic N) is 2. The zero-order valence-corrected chi connectivity index (χ0v) is 16.3. The summed E-state index contributed by atoms with van der Waals surface area (Å²) in [6.45, 7) is 6.27. The van der Waals surface area contributed by atoms with E-state index in [4.69, 9.17) is 4.74 Å². The van der Waals surface area contributed by atoms with E-state index < -0.39 is 17.7 Å². The minimum absolute atomic E-state index is 0.00369. The van der Waals surface area contributed by atoms with Gasteiger partial charge in [-0.15, -0.1) is 0 Å². The molecule has 2 heterocycles. The SMILES string of the molecule is COc1cccc([C@@]2(C)NC(=O)N(C[C@H](O)CN3CCC(C)CC3)C2=O)c1. The first-order valence-electron chi connectivity index (χ1n) is 9.52. The summed E-state index contributed by atoms with van der Waals surface area (Å²) in [4.78, 5) is 28.7. The van der Waals surface area contributed by atoms with Gasteiger partial charge in [0.25, 0.3) is 5.91 Å². The van der Waals surface area contributed by atoms with Gasteiger partial charge in [0, 0.05) is 6.54 Å². The van der Waals surface area contributed by atoms with Crippen LogP contribution in [0.25, 0.3) is 0 Å². The molecule has 0 spiro atoms. The Balaban J connectivity index is 1.66. The summed E-state index contributed by atoms with van der Waals surface area (Å²) in [5, 5.41) is 13.2. The lowest BCUT2D eigenvalue weighted by atomic mass is 9.92.